The molecule has 0 unspecified atom stereocenters. The Balaban J connectivity index is 0.00000338. The molecule has 144 valence electrons. The maximum Gasteiger partial charge on any atom is 0.191 e. The van der Waals surface area contributed by atoms with Crippen LogP contribution in [0.15, 0.2) is 40.0 Å². The van der Waals surface area contributed by atoms with Gasteiger partial charge in [-0.15, -0.1) is 24.0 Å². The van der Waals surface area contributed by atoms with E-state index in [9.17, 15) is 0 Å². The minimum absolute atomic E-state index is 0. The van der Waals surface area contributed by atoms with Gasteiger partial charge in [-0.05, 0) is 25.5 Å². The Hall–Kier alpha value is -1.81. The van der Waals surface area contributed by atoms with Crippen LogP contribution in [0.25, 0.3) is 0 Å². The van der Waals surface area contributed by atoms with E-state index in [-0.39, 0.29) is 24.0 Å². The number of hydrogen-bond acceptors (Lipinski definition) is 5. The van der Waals surface area contributed by atoms with E-state index in [0.29, 0.717) is 32.3 Å². The van der Waals surface area contributed by atoms with Crippen LogP contribution >= 0.6 is 24.0 Å². The van der Waals surface area contributed by atoms with E-state index in [0.717, 1.165) is 29.1 Å². The van der Waals surface area contributed by atoms with Gasteiger partial charge in [0.05, 0.1) is 19.7 Å². The van der Waals surface area contributed by atoms with Gasteiger partial charge >= 0.3 is 0 Å². The van der Waals surface area contributed by atoms with Gasteiger partial charge in [0.1, 0.15) is 24.3 Å². The summed E-state index contributed by atoms with van der Waals surface area (Å²) in [6.07, 6.45) is 1.55. The molecule has 0 bridgehead atoms. The maximum absolute atomic E-state index is 5.81. The molecular formula is C18H27IN4O3. The molecule has 7 nitrogen and oxygen atoms in total. The van der Waals surface area contributed by atoms with Crippen LogP contribution in [0.1, 0.15) is 23.7 Å². The average Bonchev–Trinajstić information content (AvgIpc) is 3.12. The fraction of sp³-hybridized carbons (Fsp3) is 0.444. The summed E-state index contributed by atoms with van der Waals surface area (Å²) < 4.78 is 15.7. The van der Waals surface area contributed by atoms with Crippen molar-refractivity contribution in [1.29, 1.82) is 0 Å². The van der Waals surface area contributed by atoms with E-state index in [1.807, 2.05) is 32.0 Å². The third-order valence-electron chi connectivity index (χ3n) is 3.45. The van der Waals surface area contributed by atoms with Crippen LogP contribution in [-0.4, -0.2) is 38.0 Å². The van der Waals surface area contributed by atoms with Gasteiger partial charge in [0.15, 0.2) is 5.96 Å². The van der Waals surface area contributed by atoms with E-state index in [2.05, 4.69) is 26.8 Å². The van der Waals surface area contributed by atoms with Crippen LogP contribution in [0.3, 0.4) is 0 Å². The Morgan fingerprint density at radius 1 is 1.23 bits per heavy atom. The van der Waals surface area contributed by atoms with Crippen molar-refractivity contribution in [3.8, 4) is 5.75 Å². The number of hydrogen-bond donors (Lipinski definition) is 2. The zero-order chi connectivity index (χ0) is 17.9. The lowest BCUT2D eigenvalue weighted by Gasteiger charge is -2.13. The number of nitrogens with zero attached hydrogens (tertiary/aromatic N) is 2. The van der Waals surface area contributed by atoms with Crippen LogP contribution in [0.2, 0.25) is 0 Å². The molecule has 1 aromatic carbocycles. The van der Waals surface area contributed by atoms with Crippen molar-refractivity contribution in [3.63, 3.8) is 0 Å². The standard InChI is InChI=1S/C18H26N4O3.HI/c1-4-19-18(21-13-16-7-8-25-22-16)20-12-15-6-5-14(2)11-17(15)24-10-9-23-3;/h5-8,11H,4,9-10,12-13H2,1-3H3,(H2,19,20,21);1H. The summed E-state index contributed by atoms with van der Waals surface area (Å²) in [5.74, 6) is 1.56. The molecule has 8 heteroatoms. The van der Waals surface area contributed by atoms with Gasteiger partial charge < -0.3 is 24.6 Å². The minimum atomic E-state index is 0. The maximum atomic E-state index is 5.81. The summed E-state index contributed by atoms with van der Waals surface area (Å²) in [5, 5.41) is 10.3. The van der Waals surface area contributed by atoms with E-state index < -0.39 is 0 Å². The zero-order valence-corrected chi connectivity index (χ0v) is 17.8. The lowest BCUT2D eigenvalue weighted by molar-refractivity contribution is 0.145. The van der Waals surface area contributed by atoms with E-state index >= 15 is 0 Å². The predicted octanol–water partition coefficient (Wildman–Crippen LogP) is 2.88. The summed E-state index contributed by atoms with van der Waals surface area (Å²) in [6, 6.07) is 7.94. The monoisotopic (exact) mass is 474 g/mol. The Labute approximate surface area is 171 Å². The van der Waals surface area contributed by atoms with E-state index in [1.54, 1.807) is 13.4 Å². The SMILES string of the molecule is CCNC(=NCc1ccc(C)cc1OCCOC)NCc1ccon1.I. The van der Waals surface area contributed by atoms with Gasteiger partial charge in [0, 0.05) is 25.3 Å². The van der Waals surface area contributed by atoms with Crippen molar-refractivity contribution in [2.24, 2.45) is 4.99 Å². The normalized spacial score (nSPS) is 11.0. The first kappa shape index (κ1) is 22.2. The molecule has 0 saturated heterocycles. The lowest BCUT2D eigenvalue weighted by atomic mass is 10.1. The number of aliphatic imine (C=N–C) groups is 1. The molecular weight excluding hydrogens is 447 g/mol. The molecule has 1 heterocycles. The van der Waals surface area contributed by atoms with Crippen LogP contribution in [0.5, 0.6) is 5.75 Å². The zero-order valence-electron chi connectivity index (χ0n) is 15.4. The molecule has 0 fully saturated rings. The lowest BCUT2D eigenvalue weighted by Crippen LogP contribution is -2.36. The minimum Gasteiger partial charge on any atom is -0.491 e. The number of benzene rings is 1. The van der Waals surface area contributed by atoms with E-state index in [4.69, 9.17) is 14.0 Å². The highest BCUT2D eigenvalue weighted by atomic mass is 127. The first-order valence-electron chi connectivity index (χ1n) is 8.35. The Kier molecular flexibility index (Phi) is 10.7. The highest BCUT2D eigenvalue weighted by Crippen LogP contribution is 2.21. The Morgan fingerprint density at radius 2 is 2.08 bits per heavy atom. The van der Waals surface area contributed by atoms with Crippen molar-refractivity contribution >= 4 is 29.9 Å². The van der Waals surface area contributed by atoms with Crippen molar-refractivity contribution in [2.75, 3.05) is 26.9 Å². The average molecular weight is 474 g/mol. The third kappa shape index (κ3) is 7.61. The number of ether oxygens (including phenoxy) is 2. The number of rotatable bonds is 9. The van der Waals surface area contributed by atoms with Crippen molar-refractivity contribution < 1.29 is 14.0 Å². The van der Waals surface area contributed by atoms with Gasteiger partial charge in [-0.1, -0.05) is 17.3 Å². The highest BCUT2D eigenvalue weighted by Gasteiger charge is 2.06. The molecule has 0 radical (unpaired) electrons. The molecule has 2 N–H and O–H groups in total. The summed E-state index contributed by atoms with van der Waals surface area (Å²) in [5.41, 5.74) is 3.00. The number of aromatic nitrogens is 1. The highest BCUT2D eigenvalue weighted by molar-refractivity contribution is 14.0. The number of methoxy groups -OCH3 is 1. The fourth-order valence-electron chi connectivity index (χ4n) is 2.17. The third-order valence-corrected chi connectivity index (χ3v) is 3.45. The molecule has 0 amide bonds. The summed E-state index contributed by atoms with van der Waals surface area (Å²) in [4.78, 5) is 4.63. The van der Waals surface area contributed by atoms with Crippen LogP contribution in [0.4, 0.5) is 0 Å². The van der Waals surface area contributed by atoms with Gasteiger partial charge in [-0.3, -0.25) is 0 Å². The summed E-state index contributed by atoms with van der Waals surface area (Å²) in [6.45, 7) is 6.97. The number of guanidine groups is 1. The molecule has 0 aliphatic rings. The molecule has 26 heavy (non-hydrogen) atoms. The molecule has 0 saturated carbocycles. The molecule has 1 aromatic heterocycles. The number of aryl methyl sites for hydroxylation is 1. The number of halogens is 1. The molecule has 0 aliphatic carbocycles. The molecule has 0 spiro atoms. The Morgan fingerprint density at radius 3 is 2.77 bits per heavy atom. The largest absolute Gasteiger partial charge is 0.491 e. The molecule has 2 rings (SSSR count). The second-order valence-electron chi connectivity index (χ2n) is 5.49. The van der Waals surface area contributed by atoms with Gasteiger partial charge in [-0.25, -0.2) is 4.99 Å². The van der Waals surface area contributed by atoms with E-state index in [1.165, 1.54) is 0 Å². The van der Waals surface area contributed by atoms with Crippen LogP contribution < -0.4 is 15.4 Å². The Bertz CT molecular complexity index is 662. The van der Waals surface area contributed by atoms with Crippen LogP contribution in [0, 0.1) is 6.92 Å². The quantitative estimate of drug-likeness (QED) is 0.252. The second-order valence-corrected chi connectivity index (χ2v) is 5.49. The van der Waals surface area contributed by atoms with Gasteiger partial charge in [0.25, 0.3) is 0 Å². The van der Waals surface area contributed by atoms with Crippen LogP contribution in [-0.2, 0) is 17.8 Å². The molecule has 0 aliphatic heterocycles. The molecule has 2 aromatic rings. The predicted molar refractivity (Wildman–Crippen MR) is 112 cm³/mol. The summed E-state index contributed by atoms with van der Waals surface area (Å²) in [7, 11) is 1.66. The topological polar surface area (TPSA) is 80.9 Å². The van der Waals surface area contributed by atoms with Gasteiger partial charge in [0.2, 0.25) is 0 Å². The number of nitrogens with one attached hydrogen (secondary N) is 2. The molecule has 0 atom stereocenters. The first-order chi connectivity index (χ1) is 12.2. The summed E-state index contributed by atoms with van der Waals surface area (Å²) >= 11 is 0. The fourth-order valence-corrected chi connectivity index (χ4v) is 2.17. The first-order valence-corrected chi connectivity index (χ1v) is 8.35. The van der Waals surface area contributed by atoms with Crippen molar-refractivity contribution in [3.05, 3.63) is 47.3 Å². The van der Waals surface area contributed by atoms with Crippen molar-refractivity contribution in [2.45, 2.75) is 26.9 Å². The van der Waals surface area contributed by atoms with Gasteiger partial charge in [-0.2, -0.15) is 0 Å². The second kappa shape index (κ2) is 12.5. The smallest absolute Gasteiger partial charge is 0.191 e. The van der Waals surface area contributed by atoms with Crippen molar-refractivity contribution in [1.82, 2.24) is 15.8 Å².